The minimum atomic E-state index is -1.88. The molecule has 0 fully saturated rings. The Labute approximate surface area is 150 Å². The molecule has 7 heteroatoms. The molecular weight excluding hydrogens is 337 g/mol. The monoisotopic (exact) mass is 353 g/mol. The molecule has 0 saturated heterocycles. The smallest absolute Gasteiger partial charge is 0.259 e. The lowest BCUT2D eigenvalue weighted by Crippen LogP contribution is -2.45. The second-order valence-corrected chi connectivity index (χ2v) is 5.91. The molecule has 0 unspecified atom stereocenters. The molecule has 0 heterocycles. The number of benzene rings is 2. The van der Waals surface area contributed by atoms with Gasteiger partial charge in [-0.25, -0.2) is 4.39 Å². The minimum absolute atomic E-state index is 0.0868. The van der Waals surface area contributed by atoms with Crippen molar-refractivity contribution in [2.75, 3.05) is 11.9 Å². The molecule has 0 radical (unpaired) electrons. The van der Waals surface area contributed by atoms with Gasteiger partial charge in [0.05, 0.1) is 17.2 Å². The van der Waals surface area contributed by atoms with Gasteiger partial charge in [-0.2, -0.15) is 10.5 Å². The van der Waals surface area contributed by atoms with E-state index in [9.17, 15) is 14.3 Å². The second kappa shape index (κ2) is 7.64. The lowest BCUT2D eigenvalue weighted by atomic mass is 10.1. The van der Waals surface area contributed by atoms with E-state index in [-0.39, 0.29) is 11.3 Å². The largest absolute Gasteiger partial charge is 0.490 e. The van der Waals surface area contributed by atoms with E-state index in [2.05, 4.69) is 5.32 Å². The zero-order chi connectivity index (χ0) is 19.3. The Morgan fingerprint density at radius 1 is 1.23 bits per heavy atom. The van der Waals surface area contributed by atoms with E-state index in [0.29, 0.717) is 16.8 Å². The van der Waals surface area contributed by atoms with Gasteiger partial charge in [0, 0.05) is 11.8 Å². The van der Waals surface area contributed by atoms with Crippen molar-refractivity contribution >= 4 is 11.6 Å². The first-order chi connectivity index (χ1) is 12.3. The van der Waals surface area contributed by atoms with Crippen LogP contribution in [0.25, 0.3) is 0 Å². The van der Waals surface area contributed by atoms with E-state index in [4.69, 9.17) is 15.3 Å². The normalized spacial score (nSPS) is 12.4. The van der Waals surface area contributed by atoms with Crippen molar-refractivity contribution in [2.45, 2.75) is 19.4 Å². The van der Waals surface area contributed by atoms with E-state index in [1.807, 2.05) is 6.07 Å². The van der Waals surface area contributed by atoms with Gasteiger partial charge in [0.25, 0.3) is 5.91 Å². The number of amides is 1. The van der Waals surface area contributed by atoms with Gasteiger partial charge < -0.3 is 15.2 Å². The zero-order valence-electron chi connectivity index (χ0n) is 14.2. The van der Waals surface area contributed by atoms with Crippen molar-refractivity contribution in [1.29, 1.82) is 10.5 Å². The molecule has 0 aliphatic heterocycles. The van der Waals surface area contributed by atoms with Crippen LogP contribution < -0.4 is 10.1 Å². The van der Waals surface area contributed by atoms with Gasteiger partial charge in [-0.05, 0) is 49.7 Å². The highest BCUT2D eigenvalue weighted by atomic mass is 19.1. The molecule has 6 nitrogen and oxygen atoms in total. The number of anilines is 1. The molecule has 0 saturated carbocycles. The van der Waals surface area contributed by atoms with Crippen LogP contribution >= 0.6 is 0 Å². The van der Waals surface area contributed by atoms with E-state index in [1.54, 1.807) is 31.2 Å². The van der Waals surface area contributed by atoms with Gasteiger partial charge in [-0.15, -0.1) is 0 Å². The Hall–Kier alpha value is -3.42. The summed E-state index contributed by atoms with van der Waals surface area (Å²) in [6.45, 7) is 2.58. The molecule has 0 bridgehead atoms. The van der Waals surface area contributed by atoms with Gasteiger partial charge in [0.2, 0.25) is 0 Å². The van der Waals surface area contributed by atoms with Crippen LogP contribution in [0.15, 0.2) is 36.4 Å². The summed E-state index contributed by atoms with van der Waals surface area (Å²) in [5.41, 5.74) is -0.406. The molecule has 0 aromatic heterocycles. The summed E-state index contributed by atoms with van der Waals surface area (Å²) in [5.74, 6) is -1.37. The summed E-state index contributed by atoms with van der Waals surface area (Å²) in [5, 5.41) is 30.5. The molecule has 1 atom stereocenters. The number of ether oxygens (including phenoxy) is 1. The standard InChI is InChI=1S/C19H16FN3O3/c1-12-7-15(5-3-13(12)9-21)23-18(24)19(2,25)11-26-16-6-4-14(10-22)17(20)8-16/h3-8,25H,11H2,1-2H3,(H,23,24)/t19-/m0/s1. The topological polar surface area (TPSA) is 106 Å². The minimum Gasteiger partial charge on any atom is -0.490 e. The van der Waals surface area contributed by atoms with E-state index < -0.39 is 23.9 Å². The Kier molecular flexibility index (Phi) is 5.56. The zero-order valence-corrected chi connectivity index (χ0v) is 14.2. The fourth-order valence-corrected chi connectivity index (χ4v) is 2.10. The summed E-state index contributed by atoms with van der Waals surface area (Å²) in [6.07, 6.45) is 0. The number of aryl methyl sites for hydroxylation is 1. The van der Waals surface area contributed by atoms with Crippen LogP contribution in [0.4, 0.5) is 10.1 Å². The Morgan fingerprint density at radius 2 is 1.88 bits per heavy atom. The van der Waals surface area contributed by atoms with Crippen LogP contribution in [0.2, 0.25) is 0 Å². The molecular formula is C19H16FN3O3. The maximum absolute atomic E-state index is 13.5. The van der Waals surface area contributed by atoms with Gasteiger partial charge >= 0.3 is 0 Å². The first-order valence-electron chi connectivity index (χ1n) is 7.64. The highest BCUT2D eigenvalue weighted by molar-refractivity contribution is 5.97. The quantitative estimate of drug-likeness (QED) is 0.859. The number of aliphatic hydroxyl groups is 1. The molecule has 0 aliphatic rings. The number of nitrogens with zero attached hydrogens (tertiary/aromatic N) is 2. The number of hydrogen-bond donors (Lipinski definition) is 2. The van der Waals surface area contributed by atoms with Crippen LogP contribution in [0.1, 0.15) is 23.6 Å². The molecule has 26 heavy (non-hydrogen) atoms. The summed E-state index contributed by atoms with van der Waals surface area (Å²) in [7, 11) is 0. The summed E-state index contributed by atoms with van der Waals surface area (Å²) >= 11 is 0. The van der Waals surface area contributed by atoms with Crippen LogP contribution in [0.3, 0.4) is 0 Å². The fourth-order valence-electron chi connectivity index (χ4n) is 2.10. The Balaban J connectivity index is 2.04. The highest BCUT2D eigenvalue weighted by Crippen LogP contribution is 2.19. The maximum Gasteiger partial charge on any atom is 0.259 e. The number of carbonyl (C=O) groups excluding carboxylic acids is 1. The van der Waals surface area contributed by atoms with Crippen molar-refractivity contribution in [1.82, 2.24) is 0 Å². The van der Waals surface area contributed by atoms with Crippen molar-refractivity contribution in [3.05, 3.63) is 58.9 Å². The third-order valence-corrected chi connectivity index (χ3v) is 3.67. The van der Waals surface area contributed by atoms with Crippen LogP contribution in [0.5, 0.6) is 5.75 Å². The third-order valence-electron chi connectivity index (χ3n) is 3.67. The molecule has 2 N–H and O–H groups in total. The number of nitrogens with one attached hydrogen (secondary N) is 1. The SMILES string of the molecule is Cc1cc(NC(=O)[C@@](C)(O)COc2ccc(C#N)c(F)c2)ccc1C#N. The van der Waals surface area contributed by atoms with Crippen LogP contribution in [0, 0.1) is 35.4 Å². The summed E-state index contributed by atoms with van der Waals surface area (Å²) in [4.78, 5) is 12.3. The molecule has 2 aromatic carbocycles. The lowest BCUT2D eigenvalue weighted by Gasteiger charge is -2.22. The number of rotatable bonds is 5. The molecule has 1 amide bonds. The molecule has 2 rings (SSSR count). The molecule has 2 aromatic rings. The molecule has 0 spiro atoms. The van der Waals surface area contributed by atoms with Gasteiger partial charge in [-0.1, -0.05) is 0 Å². The summed E-state index contributed by atoms with van der Waals surface area (Å²) < 4.78 is 18.8. The van der Waals surface area contributed by atoms with Gasteiger partial charge in [-0.3, -0.25) is 4.79 Å². The van der Waals surface area contributed by atoms with Gasteiger partial charge in [0.15, 0.2) is 5.60 Å². The Morgan fingerprint density at radius 3 is 2.46 bits per heavy atom. The predicted molar refractivity (Wildman–Crippen MR) is 91.8 cm³/mol. The Bertz CT molecular complexity index is 927. The number of hydrogen-bond acceptors (Lipinski definition) is 5. The first-order valence-corrected chi connectivity index (χ1v) is 7.64. The van der Waals surface area contributed by atoms with Crippen LogP contribution in [-0.2, 0) is 4.79 Å². The number of nitriles is 2. The van der Waals surface area contributed by atoms with Crippen molar-refractivity contribution in [3.63, 3.8) is 0 Å². The highest BCUT2D eigenvalue weighted by Gasteiger charge is 2.31. The van der Waals surface area contributed by atoms with Crippen LogP contribution in [-0.4, -0.2) is 23.2 Å². The lowest BCUT2D eigenvalue weighted by molar-refractivity contribution is -0.135. The molecule has 0 aliphatic carbocycles. The average Bonchev–Trinajstić information content (AvgIpc) is 2.60. The fraction of sp³-hybridized carbons (Fsp3) is 0.211. The first kappa shape index (κ1) is 18.9. The summed E-state index contributed by atoms with van der Waals surface area (Å²) in [6, 6.07) is 12.1. The number of halogens is 1. The van der Waals surface area contributed by atoms with Crippen molar-refractivity contribution < 1.29 is 19.0 Å². The van der Waals surface area contributed by atoms with Gasteiger partial charge in [0.1, 0.15) is 24.2 Å². The number of carbonyl (C=O) groups is 1. The maximum atomic E-state index is 13.5. The van der Waals surface area contributed by atoms with Crippen molar-refractivity contribution in [2.24, 2.45) is 0 Å². The molecule has 132 valence electrons. The van der Waals surface area contributed by atoms with E-state index in [0.717, 1.165) is 6.07 Å². The third kappa shape index (κ3) is 4.35. The average molecular weight is 353 g/mol. The second-order valence-electron chi connectivity index (χ2n) is 5.91. The van der Waals surface area contributed by atoms with E-state index >= 15 is 0 Å². The predicted octanol–water partition coefficient (Wildman–Crippen LogP) is 2.65. The van der Waals surface area contributed by atoms with E-state index in [1.165, 1.54) is 19.1 Å². The van der Waals surface area contributed by atoms with Crippen molar-refractivity contribution in [3.8, 4) is 17.9 Å².